The normalized spacial score (nSPS) is 13.4. The molecule has 2 amide bonds. The maximum Gasteiger partial charge on any atom is 0.320 e. The van der Waals surface area contributed by atoms with Crippen LogP contribution in [0.25, 0.3) is 33.5 Å². The highest BCUT2D eigenvalue weighted by Crippen LogP contribution is 2.35. The Kier molecular flexibility index (Phi) is 4.67. The molecule has 0 aliphatic heterocycles. The fourth-order valence-electron chi connectivity index (χ4n) is 3.30. The molecule has 156 valence electrons. The molecule has 1 aromatic carbocycles. The van der Waals surface area contributed by atoms with Gasteiger partial charge in [0, 0.05) is 36.4 Å². The SMILES string of the molecule is Cn1ccc(-c2nc(N)c(NC(=O)NC3CC3)nc2-c2cc(Cl)c3ncccc3c2)n1. The average Bonchev–Trinajstić information content (AvgIpc) is 3.45. The molecule has 4 aromatic rings. The summed E-state index contributed by atoms with van der Waals surface area (Å²) in [5.74, 6) is 0.277. The number of halogens is 1. The zero-order chi connectivity index (χ0) is 21.5. The van der Waals surface area contributed by atoms with Gasteiger partial charge in [-0.2, -0.15) is 5.10 Å². The molecule has 1 fully saturated rings. The summed E-state index contributed by atoms with van der Waals surface area (Å²) in [5.41, 5.74) is 9.14. The van der Waals surface area contributed by atoms with Gasteiger partial charge in [0.1, 0.15) is 17.1 Å². The minimum atomic E-state index is -0.360. The Labute approximate surface area is 182 Å². The third-order valence-electron chi connectivity index (χ3n) is 4.96. The quantitative estimate of drug-likeness (QED) is 0.450. The summed E-state index contributed by atoms with van der Waals surface area (Å²) in [6.45, 7) is 0. The number of benzene rings is 1. The second kappa shape index (κ2) is 7.51. The highest BCUT2D eigenvalue weighted by atomic mass is 35.5. The van der Waals surface area contributed by atoms with Gasteiger partial charge < -0.3 is 11.1 Å². The fraction of sp³-hybridized carbons (Fsp3) is 0.190. The molecular weight excluding hydrogens is 416 g/mol. The average molecular weight is 435 g/mol. The number of nitrogens with two attached hydrogens (primary N) is 1. The number of hydrogen-bond acceptors (Lipinski definition) is 6. The Morgan fingerprint density at radius 1 is 1.23 bits per heavy atom. The van der Waals surface area contributed by atoms with E-state index in [1.165, 1.54) is 0 Å². The number of rotatable bonds is 4. The minimum Gasteiger partial charge on any atom is -0.381 e. The molecule has 3 aromatic heterocycles. The number of anilines is 2. The number of nitrogens with one attached hydrogen (secondary N) is 2. The Hall–Kier alpha value is -3.72. The van der Waals surface area contributed by atoms with E-state index in [4.69, 9.17) is 17.3 Å². The lowest BCUT2D eigenvalue weighted by Gasteiger charge is -2.13. The number of aryl methyl sites for hydroxylation is 1. The number of carbonyl (C=O) groups is 1. The van der Waals surface area contributed by atoms with E-state index in [1.807, 2.05) is 37.5 Å². The van der Waals surface area contributed by atoms with Gasteiger partial charge in [0.05, 0.1) is 10.5 Å². The topological polar surface area (TPSA) is 124 Å². The van der Waals surface area contributed by atoms with E-state index in [2.05, 4.69) is 30.7 Å². The van der Waals surface area contributed by atoms with Crippen LogP contribution in [0.4, 0.5) is 16.4 Å². The summed E-state index contributed by atoms with van der Waals surface area (Å²) in [6.07, 6.45) is 5.45. The molecule has 1 aliphatic carbocycles. The predicted octanol–water partition coefficient (Wildman–Crippen LogP) is 3.61. The highest BCUT2D eigenvalue weighted by Gasteiger charge is 2.25. The van der Waals surface area contributed by atoms with E-state index < -0.39 is 0 Å². The molecule has 10 heteroatoms. The molecule has 0 unspecified atom stereocenters. The van der Waals surface area contributed by atoms with Crippen LogP contribution < -0.4 is 16.4 Å². The van der Waals surface area contributed by atoms with Crippen LogP contribution in [0.15, 0.2) is 42.7 Å². The summed E-state index contributed by atoms with van der Waals surface area (Å²) in [7, 11) is 1.82. The van der Waals surface area contributed by atoms with E-state index in [1.54, 1.807) is 16.9 Å². The van der Waals surface area contributed by atoms with Gasteiger partial charge in [-0.25, -0.2) is 14.8 Å². The zero-order valence-corrected chi connectivity index (χ0v) is 17.4. The van der Waals surface area contributed by atoms with Gasteiger partial charge in [0.25, 0.3) is 0 Å². The zero-order valence-electron chi connectivity index (χ0n) is 16.6. The van der Waals surface area contributed by atoms with E-state index in [0.29, 0.717) is 33.2 Å². The van der Waals surface area contributed by atoms with Gasteiger partial charge in [-0.3, -0.25) is 15.0 Å². The molecule has 0 bridgehead atoms. The highest BCUT2D eigenvalue weighted by molar-refractivity contribution is 6.35. The van der Waals surface area contributed by atoms with E-state index in [-0.39, 0.29) is 23.7 Å². The molecule has 0 saturated heterocycles. The van der Waals surface area contributed by atoms with E-state index in [0.717, 1.165) is 18.2 Å². The van der Waals surface area contributed by atoms with Crippen molar-refractivity contribution in [3.05, 3.63) is 47.7 Å². The monoisotopic (exact) mass is 434 g/mol. The van der Waals surface area contributed by atoms with Crippen LogP contribution in [0, 0.1) is 0 Å². The number of amides is 2. The van der Waals surface area contributed by atoms with Gasteiger partial charge in [-0.05, 0) is 37.1 Å². The molecular formula is C21H19ClN8O. The van der Waals surface area contributed by atoms with Crippen LogP contribution in [0.1, 0.15) is 12.8 Å². The second-order valence-corrected chi connectivity index (χ2v) is 7.84. The van der Waals surface area contributed by atoms with Crippen molar-refractivity contribution >= 4 is 40.2 Å². The van der Waals surface area contributed by atoms with Crippen molar-refractivity contribution in [2.75, 3.05) is 11.1 Å². The number of nitrogen functional groups attached to an aromatic ring is 1. The van der Waals surface area contributed by atoms with Crippen LogP contribution in [-0.4, -0.2) is 36.8 Å². The molecule has 3 heterocycles. The van der Waals surface area contributed by atoms with E-state index in [9.17, 15) is 4.79 Å². The number of nitrogens with zero attached hydrogens (tertiary/aromatic N) is 5. The molecule has 31 heavy (non-hydrogen) atoms. The van der Waals surface area contributed by atoms with Crippen molar-refractivity contribution in [3.63, 3.8) is 0 Å². The fourth-order valence-corrected chi connectivity index (χ4v) is 3.58. The lowest BCUT2D eigenvalue weighted by Crippen LogP contribution is -2.31. The van der Waals surface area contributed by atoms with E-state index >= 15 is 0 Å². The lowest BCUT2D eigenvalue weighted by molar-refractivity contribution is 0.251. The number of aromatic nitrogens is 5. The molecule has 5 rings (SSSR count). The summed E-state index contributed by atoms with van der Waals surface area (Å²) >= 11 is 6.50. The first-order valence-electron chi connectivity index (χ1n) is 9.77. The Morgan fingerprint density at radius 2 is 2.06 bits per heavy atom. The summed E-state index contributed by atoms with van der Waals surface area (Å²) in [4.78, 5) is 25.8. The third kappa shape index (κ3) is 3.87. The number of hydrogen-bond donors (Lipinski definition) is 3. The maximum atomic E-state index is 12.3. The first kappa shape index (κ1) is 19.3. The summed E-state index contributed by atoms with van der Waals surface area (Å²) < 4.78 is 1.67. The van der Waals surface area contributed by atoms with Crippen LogP contribution in [-0.2, 0) is 7.05 Å². The van der Waals surface area contributed by atoms with Gasteiger partial charge >= 0.3 is 6.03 Å². The van der Waals surface area contributed by atoms with Crippen molar-refractivity contribution in [3.8, 4) is 22.6 Å². The summed E-state index contributed by atoms with van der Waals surface area (Å²) in [5, 5.41) is 11.3. The number of pyridine rings is 1. The van der Waals surface area contributed by atoms with Crippen molar-refractivity contribution in [2.45, 2.75) is 18.9 Å². The van der Waals surface area contributed by atoms with Crippen LogP contribution >= 0.6 is 11.6 Å². The maximum absolute atomic E-state index is 12.3. The van der Waals surface area contributed by atoms with Crippen molar-refractivity contribution < 1.29 is 4.79 Å². The van der Waals surface area contributed by atoms with Gasteiger partial charge in [-0.1, -0.05) is 17.7 Å². The molecule has 0 radical (unpaired) electrons. The van der Waals surface area contributed by atoms with Gasteiger partial charge in [0.2, 0.25) is 0 Å². The molecule has 0 spiro atoms. The first-order chi connectivity index (χ1) is 15.0. The third-order valence-corrected chi connectivity index (χ3v) is 5.24. The van der Waals surface area contributed by atoms with Gasteiger partial charge in [0.15, 0.2) is 11.6 Å². The smallest absolute Gasteiger partial charge is 0.320 e. The van der Waals surface area contributed by atoms with Crippen molar-refractivity contribution in [2.24, 2.45) is 7.05 Å². The number of carbonyl (C=O) groups excluding carboxylic acids is 1. The molecule has 0 atom stereocenters. The summed E-state index contributed by atoms with van der Waals surface area (Å²) in [6, 6.07) is 9.13. The van der Waals surface area contributed by atoms with Crippen LogP contribution in [0.2, 0.25) is 5.02 Å². The minimum absolute atomic E-state index is 0.101. The van der Waals surface area contributed by atoms with Crippen molar-refractivity contribution in [1.29, 1.82) is 0 Å². The Bertz CT molecular complexity index is 1310. The number of urea groups is 1. The lowest BCUT2D eigenvalue weighted by atomic mass is 10.0. The molecule has 4 N–H and O–H groups in total. The first-order valence-corrected chi connectivity index (χ1v) is 10.2. The Balaban J connectivity index is 1.65. The largest absolute Gasteiger partial charge is 0.381 e. The second-order valence-electron chi connectivity index (χ2n) is 7.44. The Morgan fingerprint density at radius 3 is 2.81 bits per heavy atom. The van der Waals surface area contributed by atoms with Crippen molar-refractivity contribution in [1.82, 2.24) is 30.0 Å². The number of fused-ring (bicyclic) bond motifs is 1. The van der Waals surface area contributed by atoms with Crippen LogP contribution in [0.5, 0.6) is 0 Å². The molecule has 1 aliphatic rings. The molecule has 1 saturated carbocycles. The standard InChI is InChI=1S/C21H19ClN8O/c1-30-8-6-15(29-30)18-17(12-9-11-3-2-7-24-16(11)14(22)10-12)27-20(19(23)26-18)28-21(31)25-13-4-5-13/h2-3,6-10,13H,4-5H2,1H3,(H2,23,26)(H2,25,27,28,31). The van der Waals surface area contributed by atoms with Crippen LogP contribution in [0.3, 0.4) is 0 Å². The van der Waals surface area contributed by atoms with Gasteiger partial charge in [-0.15, -0.1) is 0 Å². The predicted molar refractivity (Wildman–Crippen MR) is 120 cm³/mol. The molecule has 9 nitrogen and oxygen atoms in total.